The number of pyridine rings is 1. The highest BCUT2D eigenvalue weighted by molar-refractivity contribution is 6.29. The van der Waals surface area contributed by atoms with Crippen LogP contribution in [0.15, 0.2) is 12.1 Å². The molecule has 13 heavy (non-hydrogen) atoms. The Hall–Kier alpha value is -0.575. The number of aromatic nitrogens is 1. The van der Waals surface area contributed by atoms with Crippen molar-refractivity contribution in [3.8, 4) is 0 Å². The highest BCUT2D eigenvalue weighted by Gasteiger charge is 2.11. The van der Waals surface area contributed by atoms with E-state index in [9.17, 15) is 0 Å². The first-order chi connectivity index (χ1) is 6.27. The maximum absolute atomic E-state index is 7.12. The summed E-state index contributed by atoms with van der Waals surface area (Å²) in [4.78, 5) is 4.22. The van der Waals surface area contributed by atoms with Crippen molar-refractivity contribution in [1.29, 1.82) is 0 Å². The zero-order valence-electron chi connectivity index (χ0n) is 7.20. The van der Waals surface area contributed by atoms with E-state index in [-0.39, 0.29) is 0 Å². The maximum atomic E-state index is 7.12. The molecule has 70 valence electrons. The molecule has 0 radical (unpaired) electrons. The monoisotopic (exact) mass is 199 g/mol. The van der Waals surface area contributed by atoms with Crippen molar-refractivity contribution < 1.29 is 10.0 Å². The Kier molecular flexibility index (Phi) is 4.22. The van der Waals surface area contributed by atoms with Gasteiger partial charge < -0.3 is 10.0 Å². The van der Waals surface area contributed by atoms with E-state index < -0.39 is 7.69 Å². The van der Waals surface area contributed by atoms with Crippen LogP contribution in [0.4, 0.5) is 0 Å². The van der Waals surface area contributed by atoms with Gasteiger partial charge in [-0.05, 0) is 30.9 Å². The van der Waals surface area contributed by atoms with Gasteiger partial charge in [0.25, 0.3) is 0 Å². The molecule has 1 aliphatic rings. The van der Waals surface area contributed by atoms with Crippen LogP contribution in [0.3, 0.4) is 0 Å². The molecule has 1 aromatic heterocycles. The fraction of sp³-hybridized carbons (Fsp3) is 0.375. The molecular formula is C8H11BClNO2. The van der Waals surface area contributed by atoms with Crippen LogP contribution in [0, 0.1) is 0 Å². The van der Waals surface area contributed by atoms with Gasteiger partial charge in [-0.15, -0.1) is 0 Å². The molecule has 1 aliphatic carbocycles. The Labute approximate surface area is 82.7 Å². The lowest BCUT2D eigenvalue weighted by molar-refractivity contribution is 0.448. The van der Waals surface area contributed by atoms with Crippen LogP contribution < -0.4 is 0 Å². The molecule has 3 nitrogen and oxygen atoms in total. The average molecular weight is 199 g/mol. The number of aryl methyl sites for hydroxylation is 2. The largest absolute Gasteiger partial charge is 0.432 e. The predicted molar refractivity (Wildman–Crippen MR) is 52.9 cm³/mol. The molecule has 5 heteroatoms. The Balaban J connectivity index is 0.000000251. The van der Waals surface area contributed by atoms with Crippen molar-refractivity contribution in [3.05, 3.63) is 28.5 Å². The van der Waals surface area contributed by atoms with Gasteiger partial charge in [-0.2, -0.15) is 0 Å². The molecule has 1 heterocycles. The van der Waals surface area contributed by atoms with Crippen LogP contribution in [-0.2, 0) is 12.8 Å². The van der Waals surface area contributed by atoms with Crippen LogP contribution in [0.1, 0.15) is 17.7 Å². The van der Waals surface area contributed by atoms with Gasteiger partial charge in [0.15, 0.2) is 0 Å². The molecule has 2 N–H and O–H groups in total. The summed E-state index contributed by atoms with van der Waals surface area (Å²) in [5, 5.41) is 14.9. The Morgan fingerprint density at radius 3 is 2.69 bits per heavy atom. The van der Waals surface area contributed by atoms with Gasteiger partial charge in [0.05, 0.1) is 0 Å². The lowest BCUT2D eigenvalue weighted by Gasteiger charge is -1.95. The highest BCUT2D eigenvalue weighted by atomic mass is 35.5. The first-order valence-electron chi connectivity index (χ1n) is 4.14. The fourth-order valence-corrected chi connectivity index (χ4v) is 1.56. The van der Waals surface area contributed by atoms with Crippen LogP contribution in [0.2, 0.25) is 5.15 Å². The molecule has 0 saturated carbocycles. The van der Waals surface area contributed by atoms with Gasteiger partial charge in [0, 0.05) is 5.69 Å². The van der Waals surface area contributed by atoms with E-state index in [2.05, 4.69) is 11.1 Å². The molecule has 0 atom stereocenters. The Morgan fingerprint density at radius 1 is 1.31 bits per heavy atom. The molecule has 0 spiro atoms. The second-order valence-electron chi connectivity index (χ2n) is 2.73. The van der Waals surface area contributed by atoms with Crippen LogP contribution in [0.25, 0.3) is 0 Å². The smallest absolute Gasteiger partial charge is 0.430 e. The molecule has 2 rings (SSSR count). The molecule has 0 unspecified atom stereocenters. The SMILES string of the molecule is Clc1ccc2c(n1)CCC2.OBO. The molecule has 0 fully saturated rings. The van der Waals surface area contributed by atoms with Crippen molar-refractivity contribution >= 4 is 19.3 Å². The van der Waals surface area contributed by atoms with E-state index in [1.54, 1.807) is 0 Å². The molecule has 0 bridgehead atoms. The van der Waals surface area contributed by atoms with Crippen molar-refractivity contribution in [2.24, 2.45) is 0 Å². The van der Waals surface area contributed by atoms with Crippen molar-refractivity contribution in [2.75, 3.05) is 0 Å². The average Bonchev–Trinajstić information content (AvgIpc) is 2.52. The summed E-state index contributed by atoms with van der Waals surface area (Å²) in [7, 11) is -0.750. The van der Waals surface area contributed by atoms with Crippen LogP contribution in [0.5, 0.6) is 0 Å². The molecule has 0 aromatic carbocycles. The van der Waals surface area contributed by atoms with E-state index in [4.69, 9.17) is 21.6 Å². The van der Waals surface area contributed by atoms with E-state index in [0.29, 0.717) is 5.15 Å². The Bertz CT molecular complexity index is 283. The minimum Gasteiger partial charge on any atom is -0.430 e. The molecule has 0 saturated heterocycles. The topological polar surface area (TPSA) is 53.4 Å². The van der Waals surface area contributed by atoms with E-state index in [1.807, 2.05) is 6.07 Å². The van der Waals surface area contributed by atoms with Gasteiger partial charge in [-0.3, -0.25) is 0 Å². The summed E-state index contributed by atoms with van der Waals surface area (Å²) in [6.07, 6.45) is 3.53. The van der Waals surface area contributed by atoms with Crippen LogP contribution >= 0.6 is 11.6 Å². The van der Waals surface area contributed by atoms with E-state index in [1.165, 1.54) is 24.1 Å². The van der Waals surface area contributed by atoms with Gasteiger partial charge in [0.2, 0.25) is 0 Å². The van der Waals surface area contributed by atoms with Crippen molar-refractivity contribution in [3.63, 3.8) is 0 Å². The lowest BCUT2D eigenvalue weighted by Crippen LogP contribution is -1.86. The summed E-state index contributed by atoms with van der Waals surface area (Å²) in [6.45, 7) is 0. The number of hydrogen-bond acceptors (Lipinski definition) is 3. The standard InChI is InChI=1S/C8H8ClN.BH3O2/c9-8-5-4-6-2-1-3-7(6)10-8;2-1-3/h4-5H,1-3H2;1-3H. The third-order valence-electron chi connectivity index (χ3n) is 1.89. The normalized spacial score (nSPS) is 12.8. The summed E-state index contributed by atoms with van der Waals surface area (Å²) >= 11 is 5.71. The van der Waals surface area contributed by atoms with E-state index in [0.717, 1.165) is 6.42 Å². The molecule has 0 amide bonds. The molecule has 0 aliphatic heterocycles. The van der Waals surface area contributed by atoms with Crippen LogP contribution in [-0.4, -0.2) is 22.7 Å². The number of fused-ring (bicyclic) bond motifs is 1. The van der Waals surface area contributed by atoms with Crippen molar-refractivity contribution in [2.45, 2.75) is 19.3 Å². The highest BCUT2D eigenvalue weighted by Crippen LogP contribution is 2.21. The lowest BCUT2D eigenvalue weighted by atomic mass is 10.2. The third kappa shape index (κ3) is 2.99. The first kappa shape index (κ1) is 10.5. The second-order valence-corrected chi connectivity index (χ2v) is 3.12. The molecule has 1 aromatic rings. The summed E-state index contributed by atoms with van der Waals surface area (Å²) in [5.74, 6) is 0. The Morgan fingerprint density at radius 2 is 2.00 bits per heavy atom. The number of nitrogens with zero attached hydrogens (tertiary/aromatic N) is 1. The summed E-state index contributed by atoms with van der Waals surface area (Å²) in [5.41, 5.74) is 2.58. The zero-order chi connectivity index (χ0) is 9.68. The maximum Gasteiger partial charge on any atom is 0.432 e. The number of halogens is 1. The number of rotatable bonds is 0. The van der Waals surface area contributed by atoms with Crippen molar-refractivity contribution in [1.82, 2.24) is 4.98 Å². The zero-order valence-corrected chi connectivity index (χ0v) is 7.96. The summed E-state index contributed by atoms with van der Waals surface area (Å²) < 4.78 is 0. The third-order valence-corrected chi connectivity index (χ3v) is 2.10. The minimum atomic E-state index is -0.750. The first-order valence-corrected chi connectivity index (χ1v) is 4.51. The van der Waals surface area contributed by atoms with E-state index >= 15 is 0 Å². The minimum absolute atomic E-state index is 0.626. The number of hydrogen-bond donors (Lipinski definition) is 2. The van der Waals surface area contributed by atoms with Gasteiger partial charge in [-0.25, -0.2) is 4.98 Å². The summed E-state index contributed by atoms with van der Waals surface area (Å²) in [6, 6.07) is 3.95. The van der Waals surface area contributed by atoms with Gasteiger partial charge >= 0.3 is 7.69 Å². The fourth-order valence-electron chi connectivity index (χ4n) is 1.39. The quantitative estimate of drug-likeness (QED) is 0.471. The molecular weight excluding hydrogens is 188 g/mol. The van der Waals surface area contributed by atoms with Gasteiger partial charge in [-0.1, -0.05) is 17.7 Å². The second kappa shape index (κ2) is 5.22. The predicted octanol–water partition coefficient (Wildman–Crippen LogP) is 0.461. The van der Waals surface area contributed by atoms with Gasteiger partial charge in [0.1, 0.15) is 5.15 Å².